The van der Waals surface area contributed by atoms with Gasteiger partial charge in [0, 0.05) is 17.6 Å². The quantitative estimate of drug-likeness (QED) is 0.775. The maximum Gasteiger partial charge on any atom is 0.254 e. The molecule has 2 aromatic rings. The standard InChI is InChI=1S/C20H18F3NO/c21-15-4-1-12(2-5-15)14-9-16-6-7-17(10-14)24(16)20(25)13-3-8-18(22)19(23)11-13/h1-5,8,11,14,16-17H,6-7,9-10H2. The first-order valence-corrected chi connectivity index (χ1v) is 8.56. The van der Waals surface area contributed by atoms with Crippen LogP contribution in [0.4, 0.5) is 13.2 Å². The largest absolute Gasteiger partial charge is 0.333 e. The SMILES string of the molecule is O=C(c1ccc(F)c(F)c1)N1C2CCC1CC(c1ccc(F)cc1)C2. The van der Waals surface area contributed by atoms with Crippen LogP contribution >= 0.6 is 0 Å². The molecule has 0 aliphatic carbocycles. The highest BCUT2D eigenvalue weighted by atomic mass is 19.2. The van der Waals surface area contributed by atoms with Gasteiger partial charge < -0.3 is 4.90 Å². The molecule has 0 saturated carbocycles. The summed E-state index contributed by atoms with van der Waals surface area (Å²) < 4.78 is 39.7. The minimum absolute atomic E-state index is 0.0921. The Bertz CT molecular complexity index is 791. The number of halogens is 3. The Morgan fingerprint density at radius 3 is 2.12 bits per heavy atom. The van der Waals surface area contributed by atoms with Crippen LogP contribution in [0.25, 0.3) is 0 Å². The first-order chi connectivity index (χ1) is 12.0. The van der Waals surface area contributed by atoms with Gasteiger partial charge in [-0.1, -0.05) is 12.1 Å². The Hall–Kier alpha value is -2.30. The van der Waals surface area contributed by atoms with E-state index in [-0.39, 0.29) is 29.4 Å². The number of rotatable bonds is 2. The minimum atomic E-state index is -1.00. The van der Waals surface area contributed by atoms with Gasteiger partial charge in [-0.15, -0.1) is 0 Å². The summed E-state index contributed by atoms with van der Waals surface area (Å²) in [4.78, 5) is 14.6. The molecule has 2 nitrogen and oxygen atoms in total. The topological polar surface area (TPSA) is 20.3 Å². The van der Waals surface area contributed by atoms with Crippen molar-refractivity contribution < 1.29 is 18.0 Å². The van der Waals surface area contributed by atoms with Crippen LogP contribution in [-0.2, 0) is 0 Å². The molecule has 1 amide bonds. The summed E-state index contributed by atoms with van der Waals surface area (Å²) in [5.41, 5.74) is 1.29. The third-order valence-corrected chi connectivity index (χ3v) is 5.48. The van der Waals surface area contributed by atoms with E-state index in [1.165, 1.54) is 18.2 Å². The van der Waals surface area contributed by atoms with Crippen LogP contribution in [0.5, 0.6) is 0 Å². The number of piperidine rings is 1. The third-order valence-electron chi connectivity index (χ3n) is 5.48. The van der Waals surface area contributed by atoms with Gasteiger partial charge >= 0.3 is 0 Å². The van der Waals surface area contributed by atoms with Gasteiger partial charge in [-0.05, 0) is 67.5 Å². The van der Waals surface area contributed by atoms with Crippen molar-refractivity contribution in [3.05, 3.63) is 71.0 Å². The van der Waals surface area contributed by atoms with Crippen molar-refractivity contribution in [3.63, 3.8) is 0 Å². The number of amides is 1. The van der Waals surface area contributed by atoms with Gasteiger partial charge in [-0.25, -0.2) is 13.2 Å². The number of nitrogens with zero attached hydrogens (tertiary/aromatic N) is 1. The lowest BCUT2D eigenvalue weighted by Crippen LogP contribution is -2.46. The summed E-state index contributed by atoms with van der Waals surface area (Å²) >= 11 is 0. The molecule has 2 aromatic carbocycles. The summed E-state index contributed by atoms with van der Waals surface area (Å²) in [6.45, 7) is 0. The number of fused-ring (bicyclic) bond motifs is 2. The first-order valence-electron chi connectivity index (χ1n) is 8.56. The molecule has 4 rings (SSSR count). The molecule has 2 saturated heterocycles. The average molecular weight is 345 g/mol. The van der Waals surface area contributed by atoms with Crippen LogP contribution in [-0.4, -0.2) is 22.9 Å². The summed E-state index contributed by atoms with van der Waals surface area (Å²) in [6.07, 6.45) is 3.46. The second-order valence-corrected chi connectivity index (χ2v) is 6.95. The molecule has 2 heterocycles. The maximum atomic E-state index is 13.5. The Balaban J connectivity index is 1.55. The zero-order valence-corrected chi connectivity index (χ0v) is 13.6. The maximum absolute atomic E-state index is 13.5. The third kappa shape index (κ3) is 2.92. The first kappa shape index (κ1) is 16.2. The molecular formula is C20H18F3NO. The number of hydrogen-bond acceptors (Lipinski definition) is 1. The van der Waals surface area contributed by atoms with E-state index in [1.807, 2.05) is 17.0 Å². The number of benzene rings is 2. The van der Waals surface area contributed by atoms with Gasteiger partial charge in [0.2, 0.25) is 0 Å². The van der Waals surface area contributed by atoms with Gasteiger partial charge in [0.25, 0.3) is 5.91 Å². The fraction of sp³-hybridized carbons (Fsp3) is 0.350. The minimum Gasteiger partial charge on any atom is -0.333 e. The number of hydrogen-bond donors (Lipinski definition) is 0. The second-order valence-electron chi connectivity index (χ2n) is 6.95. The van der Waals surface area contributed by atoms with Crippen molar-refractivity contribution in [2.24, 2.45) is 0 Å². The fourth-order valence-corrected chi connectivity index (χ4v) is 4.29. The van der Waals surface area contributed by atoms with Crippen LogP contribution < -0.4 is 0 Å². The Kier molecular flexibility index (Phi) is 4.02. The number of carbonyl (C=O) groups is 1. The molecule has 2 bridgehead atoms. The van der Waals surface area contributed by atoms with E-state index in [1.54, 1.807) is 0 Å². The van der Waals surface area contributed by atoms with E-state index >= 15 is 0 Å². The normalized spacial score (nSPS) is 25.2. The van der Waals surface area contributed by atoms with Crippen molar-refractivity contribution in [1.29, 1.82) is 0 Å². The van der Waals surface area contributed by atoms with Gasteiger partial charge in [-0.3, -0.25) is 4.79 Å². The van der Waals surface area contributed by atoms with Crippen molar-refractivity contribution in [1.82, 2.24) is 4.90 Å². The average Bonchev–Trinajstić information content (AvgIpc) is 2.87. The predicted molar refractivity (Wildman–Crippen MR) is 87.7 cm³/mol. The van der Waals surface area contributed by atoms with E-state index < -0.39 is 11.6 Å². The highest BCUT2D eigenvalue weighted by Crippen LogP contribution is 2.43. The monoisotopic (exact) mass is 345 g/mol. The van der Waals surface area contributed by atoms with Gasteiger partial charge in [0.05, 0.1) is 0 Å². The fourth-order valence-electron chi connectivity index (χ4n) is 4.29. The molecule has 0 N–H and O–H groups in total. The molecule has 0 spiro atoms. The predicted octanol–water partition coefficient (Wildman–Crippen LogP) is 4.65. The zero-order valence-electron chi connectivity index (χ0n) is 13.6. The molecular weight excluding hydrogens is 327 g/mol. The molecule has 0 radical (unpaired) electrons. The smallest absolute Gasteiger partial charge is 0.254 e. The van der Waals surface area contributed by atoms with Crippen molar-refractivity contribution >= 4 is 5.91 Å². The van der Waals surface area contributed by atoms with E-state index in [0.29, 0.717) is 5.92 Å². The van der Waals surface area contributed by atoms with Crippen LogP contribution in [0.15, 0.2) is 42.5 Å². The highest BCUT2D eigenvalue weighted by Gasteiger charge is 2.43. The summed E-state index contributed by atoms with van der Waals surface area (Å²) in [6, 6.07) is 10.1. The Morgan fingerprint density at radius 2 is 1.52 bits per heavy atom. The Morgan fingerprint density at radius 1 is 0.880 bits per heavy atom. The van der Waals surface area contributed by atoms with E-state index in [0.717, 1.165) is 43.4 Å². The second kappa shape index (κ2) is 6.21. The molecule has 2 aliphatic rings. The van der Waals surface area contributed by atoms with Gasteiger partial charge in [0.15, 0.2) is 11.6 Å². The molecule has 130 valence electrons. The summed E-state index contributed by atoms with van der Waals surface area (Å²) in [5.74, 6) is -2.14. The molecule has 2 unspecified atom stereocenters. The van der Waals surface area contributed by atoms with E-state index in [2.05, 4.69) is 0 Å². The Labute approximate surface area is 144 Å². The number of carbonyl (C=O) groups excluding carboxylic acids is 1. The van der Waals surface area contributed by atoms with Crippen molar-refractivity contribution in [2.75, 3.05) is 0 Å². The van der Waals surface area contributed by atoms with Crippen LogP contribution in [0, 0.1) is 17.5 Å². The molecule has 5 heteroatoms. The molecule has 2 aliphatic heterocycles. The lowest BCUT2D eigenvalue weighted by molar-refractivity contribution is 0.0571. The molecule has 2 fully saturated rings. The lowest BCUT2D eigenvalue weighted by atomic mass is 9.85. The van der Waals surface area contributed by atoms with Crippen LogP contribution in [0.1, 0.15) is 47.5 Å². The molecule has 25 heavy (non-hydrogen) atoms. The van der Waals surface area contributed by atoms with Crippen LogP contribution in [0.2, 0.25) is 0 Å². The van der Waals surface area contributed by atoms with Gasteiger partial charge in [0.1, 0.15) is 5.82 Å². The van der Waals surface area contributed by atoms with E-state index in [9.17, 15) is 18.0 Å². The van der Waals surface area contributed by atoms with Crippen molar-refractivity contribution in [2.45, 2.75) is 43.7 Å². The summed E-state index contributed by atoms with van der Waals surface area (Å²) in [5, 5.41) is 0. The summed E-state index contributed by atoms with van der Waals surface area (Å²) in [7, 11) is 0. The highest BCUT2D eigenvalue weighted by molar-refractivity contribution is 5.95. The van der Waals surface area contributed by atoms with Gasteiger partial charge in [-0.2, -0.15) is 0 Å². The van der Waals surface area contributed by atoms with E-state index in [4.69, 9.17) is 0 Å². The zero-order chi connectivity index (χ0) is 17.6. The molecule has 2 atom stereocenters. The van der Waals surface area contributed by atoms with Crippen molar-refractivity contribution in [3.8, 4) is 0 Å². The molecule has 0 aromatic heterocycles. The lowest BCUT2D eigenvalue weighted by Gasteiger charge is -2.39. The van der Waals surface area contributed by atoms with Crippen LogP contribution in [0.3, 0.4) is 0 Å².